The Hall–Kier alpha value is -0.480. The minimum absolute atomic E-state index is 0.145. The third-order valence-electron chi connectivity index (χ3n) is 1.91. The summed E-state index contributed by atoms with van der Waals surface area (Å²) in [7, 11) is 0. The topological polar surface area (TPSA) is 51.8 Å². The predicted octanol–water partition coefficient (Wildman–Crippen LogP) is 1.45. The van der Waals surface area contributed by atoms with Crippen molar-refractivity contribution in [3.05, 3.63) is 10.5 Å². The van der Waals surface area contributed by atoms with Gasteiger partial charge in [-0.05, 0) is 5.41 Å². The third-order valence-corrected chi connectivity index (χ3v) is 2.63. The van der Waals surface area contributed by atoms with E-state index in [1.165, 1.54) is 0 Å². The van der Waals surface area contributed by atoms with Crippen molar-refractivity contribution in [1.29, 1.82) is 0 Å². The zero-order valence-corrected chi connectivity index (χ0v) is 8.56. The second-order valence-electron chi connectivity index (χ2n) is 4.01. The van der Waals surface area contributed by atoms with Gasteiger partial charge in [0.15, 0.2) is 0 Å². The zero-order chi connectivity index (χ0) is 9.19. The molecule has 1 aromatic heterocycles. The van der Waals surface area contributed by atoms with Crippen LogP contribution in [-0.2, 0) is 6.42 Å². The minimum atomic E-state index is 0.145. The third kappa shape index (κ3) is 2.53. The molecule has 1 aromatic rings. The molecule has 0 radical (unpaired) electrons. The van der Waals surface area contributed by atoms with Crippen molar-refractivity contribution in [1.82, 2.24) is 10.2 Å². The number of aromatic nitrogens is 2. The van der Waals surface area contributed by atoms with Gasteiger partial charge in [0.05, 0.1) is 0 Å². The van der Waals surface area contributed by atoms with Crippen molar-refractivity contribution in [3.63, 3.8) is 0 Å². The molecule has 0 bridgehead atoms. The molecule has 0 amide bonds. The minimum Gasteiger partial charge on any atom is -0.327 e. The highest BCUT2D eigenvalue weighted by Crippen LogP contribution is 2.20. The lowest BCUT2D eigenvalue weighted by atomic mass is 9.86. The fraction of sp³-hybridized carbons (Fsp3) is 0.750. The molecule has 12 heavy (non-hydrogen) atoms. The van der Waals surface area contributed by atoms with Gasteiger partial charge in [-0.1, -0.05) is 20.8 Å². The van der Waals surface area contributed by atoms with Gasteiger partial charge in [0.25, 0.3) is 0 Å². The summed E-state index contributed by atoms with van der Waals surface area (Å²) in [5, 5.41) is 8.75. The number of hydrogen-bond acceptors (Lipinski definition) is 4. The first-order valence-electron chi connectivity index (χ1n) is 4.01. The van der Waals surface area contributed by atoms with Gasteiger partial charge >= 0.3 is 0 Å². The molecular formula is C8H15N3S. The van der Waals surface area contributed by atoms with Crippen molar-refractivity contribution >= 4 is 11.3 Å². The van der Waals surface area contributed by atoms with Crippen LogP contribution in [0.5, 0.6) is 0 Å². The molecule has 3 nitrogen and oxygen atoms in total. The Bertz CT molecular complexity index is 225. The SMILES string of the molecule is CC(C)(C)C(N)Cc1nncs1. The normalized spacial score (nSPS) is 14.7. The van der Waals surface area contributed by atoms with E-state index >= 15 is 0 Å². The van der Waals surface area contributed by atoms with Crippen molar-refractivity contribution in [2.24, 2.45) is 11.1 Å². The Morgan fingerprint density at radius 1 is 1.58 bits per heavy atom. The van der Waals surface area contributed by atoms with E-state index in [0.717, 1.165) is 11.4 Å². The summed E-state index contributed by atoms with van der Waals surface area (Å²) in [4.78, 5) is 0. The molecule has 1 unspecified atom stereocenters. The van der Waals surface area contributed by atoms with E-state index < -0.39 is 0 Å². The van der Waals surface area contributed by atoms with E-state index in [-0.39, 0.29) is 11.5 Å². The van der Waals surface area contributed by atoms with Crippen molar-refractivity contribution in [2.45, 2.75) is 33.2 Å². The lowest BCUT2D eigenvalue weighted by molar-refractivity contribution is 0.318. The number of rotatable bonds is 2. The first kappa shape index (κ1) is 9.61. The summed E-state index contributed by atoms with van der Waals surface area (Å²) >= 11 is 1.57. The number of nitrogens with two attached hydrogens (primary N) is 1. The Labute approximate surface area is 77.0 Å². The van der Waals surface area contributed by atoms with Crippen molar-refractivity contribution in [3.8, 4) is 0 Å². The molecule has 0 aliphatic carbocycles. The lowest BCUT2D eigenvalue weighted by Gasteiger charge is -2.25. The molecule has 1 rings (SSSR count). The van der Waals surface area contributed by atoms with Crippen LogP contribution in [0, 0.1) is 5.41 Å². The maximum atomic E-state index is 5.98. The molecule has 0 spiro atoms. The quantitative estimate of drug-likeness (QED) is 0.758. The molecule has 1 atom stereocenters. The van der Waals surface area contributed by atoms with Gasteiger partial charge in [-0.25, -0.2) is 0 Å². The zero-order valence-electron chi connectivity index (χ0n) is 7.74. The van der Waals surface area contributed by atoms with Gasteiger partial charge < -0.3 is 5.73 Å². The molecule has 0 fully saturated rings. The maximum Gasteiger partial charge on any atom is 0.118 e. The summed E-state index contributed by atoms with van der Waals surface area (Å²) in [5.74, 6) is 0. The number of nitrogens with zero attached hydrogens (tertiary/aromatic N) is 2. The molecule has 4 heteroatoms. The highest BCUT2D eigenvalue weighted by Gasteiger charge is 2.21. The molecule has 0 saturated carbocycles. The van der Waals surface area contributed by atoms with Crippen LogP contribution in [0.2, 0.25) is 0 Å². The molecular weight excluding hydrogens is 170 g/mol. The second kappa shape index (κ2) is 3.49. The van der Waals surface area contributed by atoms with Crippen LogP contribution in [-0.4, -0.2) is 16.2 Å². The summed E-state index contributed by atoms with van der Waals surface area (Å²) < 4.78 is 0. The Kier molecular flexibility index (Phi) is 2.80. The summed E-state index contributed by atoms with van der Waals surface area (Å²) in [6.07, 6.45) is 0.828. The maximum absolute atomic E-state index is 5.98. The van der Waals surface area contributed by atoms with Gasteiger partial charge in [0, 0.05) is 12.5 Å². The summed E-state index contributed by atoms with van der Waals surface area (Å²) in [6, 6.07) is 0.158. The van der Waals surface area contributed by atoms with Gasteiger partial charge in [-0.2, -0.15) is 0 Å². The van der Waals surface area contributed by atoms with E-state index in [1.54, 1.807) is 16.8 Å². The molecule has 2 N–H and O–H groups in total. The van der Waals surface area contributed by atoms with Crippen LogP contribution in [0.25, 0.3) is 0 Å². The first-order valence-corrected chi connectivity index (χ1v) is 4.89. The van der Waals surface area contributed by atoms with Gasteiger partial charge in [0.1, 0.15) is 10.5 Å². The Morgan fingerprint density at radius 2 is 2.25 bits per heavy atom. The van der Waals surface area contributed by atoms with Gasteiger partial charge in [0.2, 0.25) is 0 Å². The molecule has 0 aromatic carbocycles. The molecule has 1 heterocycles. The van der Waals surface area contributed by atoms with Gasteiger partial charge in [-0.15, -0.1) is 21.5 Å². The van der Waals surface area contributed by atoms with E-state index in [2.05, 4.69) is 31.0 Å². The monoisotopic (exact) mass is 185 g/mol. The van der Waals surface area contributed by atoms with Crippen LogP contribution in [0.3, 0.4) is 0 Å². The van der Waals surface area contributed by atoms with Crippen molar-refractivity contribution < 1.29 is 0 Å². The number of hydrogen-bond donors (Lipinski definition) is 1. The van der Waals surface area contributed by atoms with Crippen molar-refractivity contribution in [2.75, 3.05) is 0 Å². The predicted molar refractivity (Wildman–Crippen MR) is 51.0 cm³/mol. The summed E-state index contributed by atoms with van der Waals surface area (Å²) in [6.45, 7) is 6.41. The van der Waals surface area contributed by atoms with Crippen LogP contribution in [0.4, 0.5) is 0 Å². The molecule has 0 saturated heterocycles. The molecule has 0 aliphatic rings. The van der Waals surface area contributed by atoms with E-state index in [4.69, 9.17) is 5.73 Å². The first-order chi connectivity index (χ1) is 5.50. The smallest absolute Gasteiger partial charge is 0.118 e. The van der Waals surface area contributed by atoms with E-state index in [9.17, 15) is 0 Å². The average molecular weight is 185 g/mol. The highest BCUT2D eigenvalue weighted by molar-refractivity contribution is 7.09. The second-order valence-corrected chi connectivity index (χ2v) is 4.93. The summed E-state index contributed by atoms with van der Waals surface area (Å²) in [5.41, 5.74) is 7.87. The van der Waals surface area contributed by atoms with E-state index in [0.29, 0.717) is 0 Å². The highest BCUT2D eigenvalue weighted by atomic mass is 32.1. The van der Waals surface area contributed by atoms with E-state index in [1.807, 2.05) is 0 Å². The fourth-order valence-electron chi connectivity index (χ4n) is 0.779. The standard InChI is InChI=1S/C8H15N3S/c1-8(2,3)6(9)4-7-11-10-5-12-7/h5-6H,4,9H2,1-3H3. The lowest BCUT2D eigenvalue weighted by Crippen LogP contribution is -2.36. The average Bonchev–Trinajstić information content (AvgIpc) is 2.37. The van der Waals surface area contributed by atoms with Gasteiger partial charge in [-0.3, -0.25) is 0 Å². The fourth-order valence-corrected chi connectivity index (χ4v) is 1.37. The molecule has 0 aliphatic heterocycles. The Morgan fingerprint density at radius 3 is 2.67 bits per heavy atom. The Balaban J connectivity index is 2.53. The van der Waals surface area contributed by atoms with Crippen LogP contribution in [0.15, 0.2) is 5.51 Å². The molecule has 68 valence electrons. The van der Waals surface area contributed by atoms with Crippen LogP contribution < -0.4 is 5.73 Å². The largest absolute Gasteiger partial charge is 0.327 e. The van der Waals surface area contributed by atoms with Crippen LogP contribution >= 0.6 is 11.3 Å². The van der Waals surface area contributed by atoms with Crippen LogP contribution in [0.1, 0.15) is 25.8 Å².